The molecule has 0 atom stereocenters. The number of aliphatic hydroxyl groups excluding tert-OH is 1. The number of hydrogen-bond acceptors (Lipinski definition) is 3. The lowest BCUT2D eigenvalue weighted by Gasteiger charge is -2.30. The van der Waals surface area contributed by atoms with Crippen molar-refractivity contribution in [2.75, 3.05) is 0 Å². The molecule has 0 bridgehead atoms. The van der Waals surface area contributed by atoms with E-state index in [1.165, 1.54) is 0 Å². The maximum atomic E-state index is 9.35. The summed E-state index contributed by atoms with van der Waals surface area (Å²) in [5.74, 6) is 1.37. The summed E-state index contributed by atoms with van der Waals surface area (Å²) in [6, 6.07) is 7.67. The number of benzene rings is 1. The quantitative estimate of drug-likeness (QED) is 0.806. The molecule has 1 aliphatic carbocycles. The van der Waals surface area contributed by atoms with Crippen LogP contribution in [-0.4, -0.2) is 20.8 Å². The topological polar surface area (TPSA) is 61.8 Å². The zero-order chi connectivity index (χ0) is 12.0. The molecule has 0 saturated heterocycles. The highest BCUT2D eigenvalue weighted by molar-refractivity contribution is 5.77. The van der Waals surface area contributed by atoms with Gasteiger partial charge in [0, 0.05) is 13.0 Å². The predicted molar refractivity (Wildman–Crippen MR) is 63.4 cm³/mol. The maximum absolute atomic E-state index is 9.35. The van der Waals surface area contributed by atoms with E-state index in [0.29, 0.717) is 11.5 Å². The molecule has 17 heavy (non-hydrogen) atoms. The molecule has 1 aromatic heterocycles. The average molecular weight is 227 g/mol. The van der Waals surface area contributed by atoms with Gasteiger partial charge in [0.25, 0.3) is 0 Å². The third-order valence-electron chi connectivity index (χ3n) is 3.52. The number of aryl methyl sites for hydroxylation is 1. The van der Waals surface area contributed by atoms with Crippen LogP contribution in [0, 0.1) is 11.3 Å². The molecule has 1 fully saturated rings. The van der Waals surface area contributed by atoms with Gasteiger partial charge in [-0.25, -0.2) is 4.98 Å². The summed E-state index contributed by atoms with van der Waals surface area (Å²) >= 11 is 0. The Labute approximate surface area is 99.1 Å². The minimum absolute atomic E-state index is 0.172. The van der Waals surface area contributed by atoms with Crippen LogP contribution in [0.3, 0.4) is 0 Å². The van der Waals surface area contributed by atoms with Gasteiger partial charge in [-0.15, -0.1) is 0 Å². The monoisotopic (exact) mass is 227 g/mol. The SMILES string of the molecule is Cn1c(C2CC(O)C2)nc2ccc(C#N)cc21. The van der Waals surface area contributed by atoms with Gasteiger partial charge in [0.1, 0.15) is 5.82 Å². The number of imidazole rings is 1. The van der Waals surface area contributed by atoms with E-state index in [1.807, 2.05) is 23.7 Å². The normalized spacial score (nSPS) is 23.4. The second-order valence-corrected chi connectivity index (χ2v) is 4.67. The summed E-state index contributed by atoms with van der Waals surface area (Å²) in [5, 5.41) is 18.2. The molecule has 0 amide bonds. The number of nitriles is 1. The van der Waals surface area contributed by atoms with Gasteiger partial charge in [-0.05, 0) is 31.0 Å². The van der Waals surface area contributed by atoms with Gasteiger partial charge in [-0.2, -0.15) is 5.26 Å². The molecule has 86 valence electrons. The summed E-state index contributed by atoms with van der Waals surface area (Å²) in [7, 11) is 1.97. The Balaban J connectivity index is 2.10. The van der Waals surface area contributed by atoms with Crippen LogP contribution in [0.2, 0.25) is 0 Å². The van der Waals surface area contributed by atoms with E-state index in [2.05, 4.69) is 11.1 Å². The number of fused-ring (bicyclic) bond motifs is 1. The zero-order valence-corrected chi connectivity index (χ0v) is 9.59. The highest BCUT2D eigenvalue weighted by atomic mass is 16.3. The lowest BCUT2D eigenvalue weighted by Crippen LogP contribution is -2.28. The molecular formula is C13H13N3O. The Morgan fingerprint density at radius 3 is 2.88 bits per heavy atom. The van der Waals surface area contributed by atoms with E-state index in [4.69, 9.17) is 5.26 Å². The second-order valence-electron chi connectivity index (χ2n) is 4.67. The van der Waals surface area contributed by atoms with Gasteiger partial charge in [-0.1, -0.05) is 0 Å². The second kappa shape index (κ2) is 3.57. The van der Waals surface area contributed by atoms with E-state index in [0.717, 1.165) is 29.7 Å². The van der Waals surface area contributed by atoms with Crippen molar-refractivity contribution in [3.63, 3.8) is 0 Å². The summed E-state index contributed by atoms with van der Waals surface area (Å²) in [6.45, 7) is 0. The highest BCUT2D eigenvalue weighted by Crippen LogP contribution is 2.37. The van der Waals surface area contributed by atoms with E-state index < -0.39 is 0 Å². The average Bonchev–Trinajstić information content (AvgIpc) is 2.62. The Hall–Kier alpha value is -1.86. The van der Waals surface area contributed by atoms with Crippen molar-refractivity contribution in [2.45, 2.75) is 24.9 Å². The first-order chi connectivity index (χ1) is 8.19. The standard InChI is InChI=1S/C13H13N3O/c1-16-12-4-8(7-14)2-3-11(12)15-13(16)9-5-10(17)6-9/h2-4,9-10,17H,5-6H2,1H3. The van der Waals surface area contributed by atoms with Gasteiger partial charge in [-0.3, -0.25) is 0 Å². The molecule has 1 saturated carbocycles. The van der Waals surface area contributed by atoms with Crippen LogP contribution in [0.25, 0.3) is 11.0 Å². The molecule has 1 N–H and O–H groups in total. The lowest BCUT2D eigenvalue weighted by molar-refractivity contribution is 0.0709. The Kier molecular flexibility index (Phi) is 2.17. The fourth-order valence-electron chi connectivity index (χ4n) is 2.44. The van der Waals surface area contributed by atoms with Crippen LogP contribution in [0.5, 0.6) is 0 Å². The molecule has 0 radical (unpaired) electrons. The fraction of sp³-hybridized carbons (Fsp3) is 0.385. The number of nitrogens with zero attached hydrogens (tertiary/aromatic N) is 3. The van der Waals surface area contributed by atoms with E-state index >= 15 is 0 Å². The van der Waals surface area contributed by atoms with Crippen LogP contribution in [0.4, 0.5) is 0 Å². The van der Waals surface area contributed by atoms with Crippen LogP contribution in [-0.2, 0) is 7.05 Å². The first-order valence-corrected chi connectivity index (χ1v) is 5.73. The zero-order valence-electron chi connectivity index (χ0n) is 9.59. The highest BCUT2D eigenvalue weighted by Gasteiger charge is 2.32. The molecule has 3 rings (SSSR count). The van der Waals surface area contributed by atoms with E-state index in [9.17, 15) is 5.11 Å². The molecule has 0 unspecified atom stereocenters. The van der Waals surface area contributed by atoms with Crippen LogP contribution >= 0.6 is 0 Å². The first-order valence-electron chi connectivity index (χ1n) is 5.73. The molecule has 1 aromatic carbocycles. The van der Waals surface area contributed by atoms with Crippen molar-refractivity contribution in [3.8, 4) is 6.07 Å². The van der Waals surface area contributed by atoms with Gasteiger partial charge < -0.3 is 9.67 Å². The number of aromatic nitrogens is 2. The van der Waals surface area contributed by atoms with Crippen molar-refractivity contribution in [3.05, 3.63) is 29.6 Å². The molecule has 1 aliphatic rings. The van der Waals surface area contributed by atoms with Crippen molar-refractivity contribution >= 4 is 11.0 Å². The van der Waals surface area contributed by atoms with Gasteiger partial charge in [0.15, 0.2) is 0 Å². The molecule has 0 aliphatic heterocycles. The van der Waals surface area contributed by atoms with Crippen LogP contribution in [0.1, 0.15) is 30.1 Å². The molecule has 1 heterocycles. The molecule has 4 nitrogen and oxygen atoms in total. The van der Waals surface area contributed by atoms with Crippen molar-refractivity contribution in [1.29, 1.82) is 5.26 Å². The number of aliphatic hydroxyl groups is 1. The van der Waals surface area contributed by atoms with Crippen molar-refractivity contribution < 1.29 is 5.11 Å². The number of rotatable bonds is 1. The third kappa shape index (κ3) is 1.51. The van der Waals surface area contributed by atoms with Crippen LogP contribution in [0.15, 0.2) is 18.2 Å². The molecular weight excluding hydrogens is 214 g/mol. The summed E-state index contributed by atoms with van der Waals surface area (Å²) in [4.78, 5) is 4.59. The number of hydrogen-bond donors (Lipinski definition) is 1. The Morgan fingerprint density at radius 2 is 2.24 bits per heavy atom. The summed E-state index contributed by atoms with van der Waals surface area (Å²) < 4.78 is 2.03. The minimum Gasteiger partial charge on any atom is -0.393 e. The summed E-state index contributed by atoms with van der Waals surface area (Å²) in [5.41, 5.74) is 2.56. The molecule has 4 heteroatoms. The molecule has 0 spiro atoms. The largest absolute Gasteiger partial charge is 0.393 e. The summed E-state index contributed by atoms with van der Waals surface area (Å²) in [6.07, 6.45) is 1.42. The predicted octanol–water partition coefficient (Wildman–Crippen LogP) is 1.68. The van der Waals surface area contributed by atoms with E-state index in [1.54, 1.807) is 6.07 Å². The first kappa shape index (κ1) is 10.3. The van der Waals surface area contributed by atoms with Gasteiger partial charge >= 0.3 is 0 Å². The Morgan fingerprint density at radius 1 is 1.47 bits per heavy atom. The lowest BCUT2D eigenvalue weighted by atomic mass is 9.82. The molecule has 2 aromatic rings. The smallest absolute Gasteiger partial charge is 0.112 e. The van der Waals surface area contributed by atoms with Gasteiger partial charge in [0.05, 0.1) is 28.8 Å². The van der Waals surface area contributed by atoms with Crippen LogP contribution < -0.4 is 0 Å². The Bertz CT molecular complexity index is 617. The maximum Gasteiger partial charge on any atom is 0.112 e. The van der Waals surface area contributed by atoms with Gasteiger partial charge in [0.2, 0.25) is 0 Å². The van der Waals surface area contributed by atoms with Crippen molar-refractivity contribution in [1.82, 2.24) is 9.55 Å². The van der Waals surface area contributed by atoms with E-state index in [-0.39, 0.29) is 6.10 Å². The third-order valence-corrected chi connectivity index (χ3v) is 3.52. The fourth-order valence-corrected chi connectivity index (χ4v) is 2.44. The minimum atomic E-state index is -0.172. The van der Waals surface area contributed by atoms with Crippen molar-refractivity contribution in [2.24, 2.45) is 7.05 Å².